The Labute approximate surface area is 234 Å². The van der Waals surface area contributed by atoms with Gasteiger partial charge in [0.1, 0.15) is 16.7 Å². The minimum atomic E-state index is -0.476. The predicted molar refractivity (Wildman–Crippen MR) is 158 cm³/mol. The number of hydrogen-bond donors (Lipinski definition) is 2. The van der Waals surface area contributed by atoms with Gasteiger partial charge in [-0.2, -0.15) is 0 Å². The number of rotatable bonds is 9. The number of amides is 2. The average Bonchev–Trinajstić information content (AvgIpc) is 2.98. The molecule has 0 aliphatic heterocycles. The average molecular weight is 537 g/mol. The Hall–Kier alpha value is -4.03. The molecule has 1 aliphatic carbocycles. The summed E-state index contributed by atoms with van der Waals surface area (Å²) in [5, 5.41) is 5.67. The third kappa shape index (κ3) is 7.52. The summed E-state index contributed by atoms with van der Waals surface area (Å²) in [5.74, 6) is 1.50. The van der Waals surface area contributed by atoms with Gasteiger partial charge in [-0.3, -0.25) is 9.59 Å². The predicted octanol–water partition coefficient (Wildman–Crippen LogP) is 8.47. The molecule has 5 rings (SSSR count). The van der Waals surface area contributed by atoms with Gasteiger partial charge in [0.05, 0.1) is 0 Å². The number of carbonyl (C=O) groups excluding carboxylic acids is 2. The van der Waals surface area contributed by atoms with Gasteiger partial charge in [-0.1, -0.05) is 73.9 Å². The number of para-hydroxylation sites is 1. The van der Waals surface area contributed by atoms with Gasteiger partial charge in [-0.25, -0.2) is 0 Å². The Kier molecular flexibility index (Phi) is 8.97. The summed E-state index contributed by atoms with van der Waals surface area (Å²) in [7, 11) is 0. The van der Waals surface area contributed by atoms with E-state index in [-0.39, 0.29) is 17.7 Å². The molecule has 1 atom stereocenters. The molecule has 2 N–H and O–H groups in total. The highest BCUT2D eigenvalue weighted by Gasteiger charge is 2.24. The molecule has 4 aromatic carbocycles. The smallest absolute Gasteiger partial charge is 0.242 e. The van der Waals surface area contributed by atoms with Crippen LogP contribution < -0.4 is 15.4 Å². The molecule has 0 saturated heterocycles. The molecule has 1 aliphatic rings. The highest BCUT2D eigenvalue weighted by molar-refractivity contribution is 8.00. The van der Waals surface area contributed by atoms with Crippen LogP contribution in [0.2, 0.25) is 0 Å². The fourth-order valence-corrected chi connectivity index (χ4v) is 5.82. The zero-order valence-electron chi connectivity index (χ0n) is 21.7. The SMILES string of the molecule is O=C(Nc1cccc(SC(C(=O)Nc2ccc(Oc3ccccc3)cc2)c2ccccc2)c1)C1CCCCC1. The summed E-state index contributed by atoms with van der Waals surface area (Å²) in [6, 6.07) is 34.4. The largest absolute Gasteiger partial charge is 0.457 e. The Balaban J connectivity index is 1.27. The third-order valence-corrected chi connectivity index (χ3v) is 8.02. The van der Waals surface area contributed by atoms with Crippen LogP contribution in [0, 0.1) is 5.92 Å². The van der Waals surface area contributed by atoms with Crippen molar-refractivity contribution in [1.29, 1.82) is 0 Å². The first kappa shape index (κ1) is 26.6. The molecule has 39 heavy (non-hydrogen) atoms. The lowest BCUT2D eigenvalue weighted by Gasteiger charge is -2.21. The number of anilines is 2. The lowest BCUT2D eigenvalue weighted by atomic mass is 9.88. The second-order valence-corrected chi connectivity index (χ2v) is 10.9. The normalized spacial score (nSPS) is 14.3. The van der Waals surface area contributed by atoms with Crippen LogP contribution in [0.15, 0.2) is 114 Å². The van der Waals surface area contributed by atoms with Crippen molar-refractivity contribution >= 4 is 35.0 Å². The van der Waals surface area contributed by atoms with Crippen molar-refractivity contribution in [2.75, 3.05) is 10.6 Å². The maximum absolute atomic E-state index is 13.5. The molecule has 1 fully saturated rings. The molecule has 0 bridgehead atoms. The molecule has 0 spiro atoms. The van der Waals surface area contributed by atoms with E-state index in [0.717, 1.165) is 47.6 Å². The molecule has 0 heterocycles. The first-order valence-electron chi connectivity index (χ1n) is 13.4. The van der Waals surface area contributed by atoms with Crippen molar-refractivity contribution in [3.05, 3.63) is 115 Å². The molecule has 198 valence electrons. The summed E-state index contributed by atoms with van der Waals surface area (Å²) < 4.78 is 5.86. The van der Waals surface area contributed by atoms with Gasteiger partial charge in [-0.05, 0) is 73.0 Å². The van der Waals surface area contributed by atoms with Crippen molar-refractivity contribution in [2.24, 2.45) is 5.92 Å². The van der Waals surface area contributed by atoms with Crippen molar-refractivity contribution in [2.45, 2.75) is 42.2 Å². The third-order valence-electron chi connectivity index (χ3n) is 6.77. The minimum Gasteiger partial charge on any atom is -0.457 e. The molecular formula is C33H32N2O3S. The van der Waals surface area contributed by atoms with Gasteiger partial charge in [-0.15, -0.1) is 11.8 Å². The first-order chi connectivity index (χ1) is 19.1. The van der Waals surface area contributed by atoms with E-state index in [1.807, 2.05) is 109 Å². The van der Waals surface area contributed by atoms with Crippen molar-refractivity contribution in [1.82, 2.24) is 0 Å². The van der Waals surface area contributed by atoms with Gasteiger partial charge in [0, 0.05) is 22.2 Å². The van der Waals surface area contributed by atoms with E-state index >= 15 is 0 Å². The van der Waals surface area contributed by atoms with E-state index in [1.165, 1.54) is 18.2 Å². The van der Waals surface area contributed by atoms with E-state index in [1.54, 1.807) is 0 Å². The van der Waals surface area contributed by atoms with Gasteiger partial charge in [0.25, 0.3) is 0 Å². The second kappa shape index (κ2) is 13.2. The van der Waals surface area contributed by atoms with Crippen LogP contribution in [0.5, 0.6) is 11.5 Å². The number of carbonyl (C=O) groups is 2. The summed E-state index contributed by atoms with van der Waals surface area (Å²) in [5.41, 5.74) is 2.35. The van der Waals surface area contributed by atoms with E-state index in [9.17, 15) is 9.59 Å². The van der Waals surface area contributed by atoms with Gasteiger partial charge in [0.15, 0.2) is 0 Å². The second-order valence-electron chi connectivity index (χ2n) is 9.69. The van der Waals surface area contributed by atoms with Crippen LogP contribution in [0.25, 0.3) is 0 Å². The molecule has 4 aromatic rings. The van der Waals surface area contributed by atoms with Gasteiger partial charge < -0.3 is 15.4 Å². The number of thioether (sulfide) groups is 1. The Bertz CT molecular complexity index is 1370. The topological polar surface area (TPSA) is 67.4 Å². The summed E-state index contributed by atoms with van der Waals surface area (Å²) in [6.07, 6.45) is 5.35. The van der Waals surface area contributed by atoms with Gasteiger partial charge in [0.2, 0.25) is 11.8 Å². The number of ether oxygens (including phenoxy) is 1. The Morgan fingerprint density at radius 3 is 2.08 bits per heavy atom. The minimum absolute atomic E-state index is 0.0855. The Morgan fingerprint density at radius 2 is 1.36 bits per heavy atom. The van der Waals surface area contributed by atoms with E-state index in [4.69, 9.17) is 4.74 Å². The van der Waals surface area contributed by atoms with Crippen LogP contribution in [0.4, 0.5) is 11.4 Å². The van der Waals surface area contributed by atoms with Crippen molar-refractivity contribution < 1.29 is 14.3 Å². The van der Waals surface area contributed by atoms with Crippen LogP contribution in [-0.4, -0.2) is 11.8 Å². The summed E-state index contributed by atoms with van der Waals surface area (Å²) >= 11 is 1.46. The molecule has 1 saturated carbocycles. The highest BCUT2D eigenvalue weighted by Crippen LogP contribution is 2.37. The van der Waals surface area contributed by atoms with Crippen LogP contribution in [-0.2, 0) is 9.59 Å². The standard InChI is InChI=1S/C33H32N2O3S/c36-32(25-13-6-2-7-14-25)35-27-15-10-18-30(23-27)39-31(24-11-4-1-5-12-24)33(37)34-26-19-21-29(22-20-26)38-28-16-8-3-9-17-28/h1,3-5,8-12,15-23,25,31H,2,6-7,13-14H2,(H,34,37)(H,35,36). The summed E-state index contributed by atoms with van der Waals surface area (Å²) in [4.78, 5) is 27.2. The molecule has 2 amide bonds. The molecule has 0 aromatic heterocycles. The summed E-state index contributed by atoms with van der Waals surface area (Å²) in [6.45, 7) is 0. The lowest BCUT2D eigenvalue weighted by molar-refractivity contribution is -0.120. The number of hydrogen-bond acceptors (Lipinski definition) is 4. The molecule has 5 nitrogen and oxygen atoms in total. The fraction of sp³-hybridized carbons (Fsp3) is 0.212. The van der Waals surface area contributed by atoms with Crippen LogP contribution >= 0.6 is 11.8 Å². The highest BCUT2D eigenvalue weighted by atomic mass is 32.2. The molecule has 0 radical (unpaired) electrons. The zero-order chi connectivity index (χ0) is 26.9. The Morgan fingerprint density at radius 1 is 0.692 bits per heavy atom. The molecule has 1 unspecified atom stereocenters. The number of nitrogens with one attached hydrogen (secondary N) is 2. The van der Waals surface area contributed by atoms with Crippen LogP contribution in [0.1, 0.15) is 42.9 Å². The maximum atomic E-state index is 13.5. The van der Waals surface area contributed by atoms with Crippen molar-refractivity contribution in [3.63, 3.8) is 0 Å². The van der Waals surface area contributed by atoms with E-state index < -0.39 is 5.25 Å². The van der Waals surface area contributed by atoms with E-state index in [2.05, 4.69) is 10.6 Å². The van der Waals surface area contributed by atoms with E-state index in [0.29, 0.717) is 11.4 Å². The number of benzene rings is 4. The zero-order valence-corrected chi connectivity index (χ0v) is 22.5. The van der Waals surface area contributed by atoms with Gasteiger partial charge >= 0.3 is 0 Å². The quantitative estimate of drug-likeness (QED) is 0.211. The lowest BCUT2D eigenvalue weighted by Crippen LogP contribution is -2.24. The maximum Gasteiger partial charge on any atom is 0.242 e. The van der Waals surface area contributed by atoms with Crippen LogP contribution in [0.3, 0.4) is 0 Å². The van der Waals surface area contributed by atoms with Crippen molar-refractivity contribution in [3.8, 4) is 11.5 Å². The monoisotopic (exact) mass is 536 g/mol. The fourth-order valence-electron chi connectivity index (χ4n) is 4.73. The first-order valence-corrected chi connectivity index (χ1v) is 14.3. The molecular weight excluding hydrogens is 504 g/mol. The molecule has 6 heteroatoms.